The van der Waals surface area contributed by atoms with Crippen molar-refractivity contribution in [2.24, 2.45) is 0 Å². The third-order valence-corrected chi connectivity index (χ3v) is 4.57. The zero-order valence-corrected chi connectivity index (χ0v) is 14.0. The molecule has 1 saturated heterocycles. The summed E-state index contributed by atoms with van der Waals surface area (Å²) in [6.07, 6.45) is 3.11. The van der Waals surface area contributed by atoms with E-state index in [9.17, 15) is 9.18 Å². The van der Waals surface area contributed by atoms with Crippen LogP contribution < -0.4 is 5.32 Å². The molecule has 1 heterocycles. The summed E-state index contributed by atoms with van der Waals surface area (Å²) in [5.74, 6) is 0.0396. The first-order valence-corrected chi connectivity index (χ1v) is 8.50. The molecule has 1 aliphatic rings. The van der Waals surface area contributed by atoms with Crippen LogP contribution in [0, 0.1) is 12.7 Å². The highest BCUT2D eigenvalue weighted by molar-refractivity contribution is 5.89. The van der Waals surface area contributed by atoms with E-state index in [4.69, 9.17) is 0 Å². The molecule has 0 aliphatic carbocycles. The number of carbonyl (C=O) groups excluding carboxylic acids is 1. The fraction of sp³-hybridized carbons (Fsp3) is 0.350. The van der Waals surface area contributed by atoms with Gasteiger partial charge in [-0.15, -0.1) is 0 Å². The van der Waals surface area contributed by atoms with Gasteiger partial charge in [0.15, 0.2) is 0 Å². The smallest absolute Gasteiger partial charge is 0.321 e. The summed E-state index contributed by atoms with van der Waals surface area (Å²) in [5, 5.41) is 2.99. The molecule has 1 unspecified atom stereocenters. The van der Waals surface area contributed by atoms with Gasteiger partial charge in [0.1, 0.15) is 5.82 Å². The minimum absolute atomic E-state index is 0.0605. The number of nitrogens with one attached hydrogen (secondary N) is 1. The van der Waals surface area contributed by atoms with Crippen LogP contribution >= 0.6 is 0 Å². The number of halogens is 1. The van der Waals surface area contributed by atoms with E-state index in [1.54, 1.807) is 0 Å². The first-order valence-electron chi connectivity index (χ1n) is 8.50. The van der Waals surface area contributed by atoms with Gasteiger partial charge in [-0.25, -0.2) is 9.18 Å². The van der Waals surface area contributed by atoms with Crippen LogP contribution in [-0.4, -0.2) is 24.0 Å². The Morgan fingerprint density at radius 2 is 1.96 bits per heavy atom. The van der Waals surface area contributed by atoms with Crippen molar-refractivity contribution in [2.45, 2.75) is 32.1 Å². The average molecular weight is 326 g/mol. The standard InChI is InChI=1S/C20H23FN2O/c1-15-5-4-7-19(13-15)22-20(24)23-12-3-2-6-17(14-23)16-8-10-18(21)11-9-16/h4-5,7-11,13,17H,2-3,6,12,14H2,1H3,(H,22,24). The maximum atomic E-state index is 13.1. The van der Waals surface area contributed by atoms with Gasteiger partial charge < -0.3 is 10.2 Å². The largest absolute Gasteiger partial charge is 0.324 e. The maximum absolute atomic E-state index is 13.1. The molecule has 1 N–H and O–H groups in total. The Bertz CT molecular complexity index is 699. The molecule has 0 bridgehead atoms. The van der Waals surface area contributed by atoms with Crippen molar-refractivity contribution in [3.8, 4) is 0 Å². The van der Waals surface area contributed by atoms with Gasteiger partial charge in [-0.1, -0.05) is 30.7 Å². The van der Waals surface area contributed by atoms with Crippen molar-refractivity contribution in [3.63, 3.8) is 0 Å². The molecule has 0 spiro atoms. The van der Waals surface area contributed by atoms with Crippen molar-refractivity contribution < 1.29 is 9.18 Å². The van der Waals surface area contributed by atoms with E-state index in [0.717, 1.165) is 42.6 Å². The summed E-state index contributed by atoms with van der Waals surface area (Å²) >= 11 is 0. The highest BCUT2D eigenvalue weighted by Crippen LogP contribution is 2.27. The van der Waals surface area contributed by atoms with Gasteiger partial charge in [-0.3, -0.25) is 0 Å². The van der Waals surface area contributed by atoms with E-state index in [-0.39, 0.29) is 17.8 Å². The molecular weight excluding hydrogens is 303 g/mol. The van der Waals surface area contributed by atoms with Crippen LogP contribution in [0.15, 0.2) is 48.5 Å². The molecule has 2 aromatic rings. The minimum atomic E-state index is -0.221. The van der Waals surface area contributed by atoms with Crippen molar-refractivity contribution in [2.75, 3.05) is 18.4 Å². The molecule has 2 amide bonds. The van der Waals surface area contributed by atoms with Gasteiger partial charge in [0.05, 0.1) is 0 Å². The predicted octanol–water partition coefficient (Wildman–Crippen LogP) is 4.94. The highest BCUT2D eigenvalue weighted by Gasteiger charge is 2.23. The van der Waals surface area contributed by atoms with Crippen LogP contribution in [-0.2, 0) is 0 Å². The van der Waals surface area contributed by atoms with Crippen molar-refractivity contribution >= 4 is 11.7 Å². The summed E-state index contributed by atoms with van der Waals surface area (Å²) in [6, 6.07) is 14.4. The Kier molecular flexibility index (Phi) is 5.14. The fourth-order valence-corrected chi connectivity index (χ4v) is 3.26. The molecule has 3 rings (SSSR count). The van der Waals surface area contributed by atoms with Gasteiger partial charge in [-0.05, 0) is 55.2 Å². The Morgan fingerprint density at radius 3 is 2.71 bits per heavy atom. The van der Waals surface area contributed by atoms with E-state index in [1.807, 2.05) is 48.2 Å². The Balaban J connectivity index is 1.70. The van der Waals surface area contributed by atoms with Crippen molar-refractivity contribution in [1.82, 2.24) is 4.90 Å². The number of hydrogen-bond donors (Lipinski definition) is 1. The maximum Gasteiger partial charge on any atom is 0.321 e. The summed E-state index contributed by atoms with van der Waals surface area (Å²) in [6.45, 7) is 3.44. The average Bonchev–Trinajstić information content (AvgIpc) is 2.82. The Hall–Kier alpha value is -2.36. The molecule has 1 aliphatic heterocycles. The number of benzene rings is 2. The number of hydrogen-bond acceptors (Lipinski definition) is 1. The van der Waals surface area contributed by atoms with Crippen LogP contribution in [0.3, 0.4) is 0 Å². The van der Waals surface area contributed by atoms with Crippen LogP contribution in [0.1, 0.15) is 36.3 Å². The molecule has 3 nitrogen and oxygen atoms in total. The quantitative estimate of drug-likeness (QED) is 0.833. The zero-order valence-electron chi connectivity index (χ0n) is 14.0. The second-order valence-electron chi connectivity index (χ2n) is 6.49. The van der Waals surface area contributed by atoms with E-state index < -0.39 is 0 Å². The normalized spacial score (nSPS) is 18.1. The lowest BCUT2D eigenvalue weighted by Crippen LogP contribution is -2.37. The number of urea groups is 1. The number of nitrogens with zero attached hydrogens (tertiary/aromatic N) is 1. The van der Waals surface area contributed by atoms with Gasteiger partial charge in [0.2, 0.25) is 0 Å². The Labute approximate surface area is 142 Å². The van der Waals surface area contributed by atoms with Gasteiger partial charge in [0.25, 0.3) is 0 Å². The molecule has 126 valence electrons. The number of carbonyl (C=O) groups is 1. The summed E-state index contributed by atoms with van der Waals surface area (Å²) < 4.78 is 13.1. The summed E-state index contributed by atoms with van der Waals surface area (Å²) in [7, 11) is 0. The molecule has 0 aromatic heterocycles. The van der Waals surface area contributed by atoms with Crippen LogP contribution in [0.2, 0.25) is 0 Å². The van der Waals surface area contributed by atoms with Crippen LogP contribution in [0.25, 0.3) is 0 Å². The molecular formula is C20H23FN2O. The van der Waals surface area contributed by atoms with E-state index in [0.29, 0.717) is 6.54 Å². The van der Waals surface area contributed by atoms with Crippen molar-refractivity contribution in [3.05, 3.63) is 65.5 Å². The number of likely N-dealkylation sites (tertiary alicyclic amines) is 1. The molecule has 1 atom stereocenters. The molecule has 0 radical (unpaired) electrons. The molecule has 1 fully saturated rings. The van der Waals surface area contributed by atoms with Crippen LogP contribution in [0.4, 0.5) is 14.9 Å². The minimum Gasteiger partial charge on any atom is -0.324 e. The molecule has 0 saturated carbocycles. The topological polar surface area (TPSA) is 32.3 Å². The lowest BCUT2D eigenvalue weighted by molar-refractivity contribution is 0.211. The molecule has 4 heteroatoms. The molecule has 2 aromatic carbocycles. The van der Waals surface area contributed by atoms with E-state index >= 15 is 0 Å². The van der Waals surface area contributed by atoms with Gasteiger partial charge >= 0.3 is 6.03 Å². The monoisotopic (exact) mass is 326 g/mol. The lowest BCUT2D eigenvalue weighted by Gasteiger charge is -2.25. The van der Waals surface area contributed by atoms with E-state index in [1.165, 1.54) is 12.1 Å². The third-order valence-electron chi connectivity index (χ3n) is 4.57. The first kappa shape index (κ1) is 16.5. The highest BCUT2D eigenvalue weighted by atomic mass is 19.1. The first-order chi connectivity index (χ1) is 11.6. The molecule has 24 heavy (non-hydrogen) atoms. The van der Waals surface area contributed by atoms with Crippen LogP contribution in [0.5, 0.6) is 0 Å². The number of rotatable bonds is 2. The summed E-state index contributed by atoms with van der Waals surface area (Å²) in [5.41, 5.74) is 3.04. The Morgan fingerprint density at radius 1 is 1.17 bits per heavy atom. The lowest BCUT2D eigenvalue weighted by atomic mass is 9.94. The fourth-order valence-electron chi connectivity index (χ4n) is 3.26. The van der Waals surface area contributed by atoms with Gasteiger partial charge in [-0.2, -0.15) is 0 Å². The van der Waals surface area contributed by atoms with Gasteiger partial charge in [0, 0.05) is 24.7 Å². The number of aryl methyl sites for hydroxylation is 1. The zero-order chi connectivity index (χ0) is 16.9. The second-order valence-corrected chi connectivity index (χ2v) is 6.49. The number of amides is 2. The van der Waals surface area contributed by atoms with Crippen molar-refractivity contribution in [1.29, 1.82) is 0 Å². The predicted molar refractivity (Wildman–Crippen MR) is 94.8 cm³/mol. The summed E-state index contributed by atoms with van der Waals surface area (Å²) in [4.78, 5) is 14.5. The SMILES string of the molecule is Cc1cccc(NC(=O)N2CCCCC(c3ccc(F)cc3)C2)c1. The second kappa shape index (κ2) is 7.47. The number of anilines is 1. The van der Waals surface area contributed by atoms with E-state index in [2.05, 4.69) is 5.32 Å². The third kappa shape index (κ3) is 4.13.